The molecule has 0 spiro atoms. The maximum atomic E-state index is 13.7. The molecular formula is C17H24F2N2O. The molecule has 1 aliphatic rings. The molecule has 122 valence electrons. The average Bonchev–Trinajstić information content (AvgIpc) is 2.44. The number of carbonyl (C=O) groups is 1. The predicted octanol–water partition coefficient (Wildman–Crippen LogP) is 3.09. The van der Waals surface area contributed by atoms with Crippen molar-refractivity contribution >= 4 is 5.91 Å². The van der Waals surface area contributed by atoms with Crippen LogP contribution in [0.2, 0.25) is 0 Å². The van der Waals surface area contributed by atoms with Crippen molar-refractivity contribution in [2.24, 2.45) is 11.7 Å². The molecule has 1 amide bonds. The van der Waals surface area contributed by atoms with Crippen LogP contribution in [0.1, 0.15) is 51.0 Å². The largest absolute Gasteiger partial charge is 0.355 e. The third kappa shape index (κ3) is 3.83. The molecule has 3 unspecified atom stereocenters. The average molecular weight is 310 g/mol. The maximum absolute atomic E-state index is 13.7. The van der Waals surface area contributed by atoms with E-state index in [0.717, 1.165) is 31.7 Å². The second-order valence-electron chi connectivity index (χ2n) is 6.62. The van der Waals surface area contributed by atoms with Gasteiger partial charge in [0.25, 0.3) is 0 Å². The second-order valence-corrected chi connectivity index (χ2v) is 6.62. The summed E-state index contributed by atoms with van der Waals surface area (Å²) in [5.74, 6) is -1.68. The van der Waals surface area contributed by atoms with Gasteiger partial charge in [-0.1, -0.05) is 25.8 Å². The lowest BCUT2D eigenvalue weighted by Gasteiger charge is -2.37. The van der Waals surface area contributed by atoms with Crippen LogP contribution < -0.4 is 11.1 Å². The van der Waals surface area contributed by atoms with Crippen LogP contribution in [0, 0.1) is 17.6 Å². The van der Waals surface area contributed by atoms with Crippen LogP contribution in [-0.2, 0) is 4.79 Å². The van der Waals surface area contributed by atoms with Crippen molar-refractivity contribution in [3.8, 4) is 0 Å². The van der Waals surface area contributed by atoms with Crippen LogP contribution in [0.5, 0.6) is 0 Å². The summed E-state index contributed by atoms with van der Waals surface area (Å²) in [6, 6.07) is 3.52. The van der Waals surface area contributed by atoms with Gasteiger partial charge in [-0.3, -0.25) is 4.79 Å². The summed E-state index contributed by atoms with van der Waals surface area (Å²) in [5.41, 5.74) is 6.14. The Morgan fingerprint density at radius 3 is 2.82 bits per heavy atom. The summed E-state index contributed by atoms with van der Waals surface area (Å²) in [7, 11) is 0. The molecule has 0 aliphatic heterocycles. The summed E-state index contributed by atoms with van der Waals surface area (Å²) < 4.78 is 26.7. The Labute approximate surface area is 130 Å². The van der Waals surface area contributed by atoms with Crippen molar-refractivity contribution in [3.63, 3.8) is 0 Å². The van der Waals surface area contributed by atoms with Gasteiger partial charge < -0.3 is 11.1 Å². The third-order valence-corrected chi connectivity index (χ3v) is 4.65. The summed E-state index contributed by atoms with van der Waals surface area (Å²) in [5, 5.41) is 2.87. The number of hydrogen-bond acceptors (Lipinski definition) is 2. The number of nitrogens with two attached hydrogens (primary N) is 1. The van der Waals surface area contributed by atoms with E-state index >= 15 is 0 Å². The van der Waals surface area contributed by atoms with E-state index in [9.17, 15) is 13.6 Å². The van der Waals surface area contributed by atoms with Crippen molar-refractivity contribution < 1.29 is 13.6 Å². The smallest absolute Gasteiger partial charge is 0.224 e. The Morgan fingerprint density at radius 2 is 2.18 bits per heavy atom. The highest BCUT2D eigenvalue weighted by atomic mass is 19.1. The lowest BCUT2D eigenvalue weighted by atomic mass is 9.74. The molecule has 1 aromatic carbocycles. The fourth-order valence-corrected chi connectivity index (χ4v) is 3.18. The van der Waals surface area contributed by atoms with Crippen molar-refractivity contribution in [3.05, 3.63) is 35.4 Å². The van der Waals surface area contributed by atoms with Gasteiger partial charge in [-0.25, -0.2) is 8.78 Å². The molecule has 5 heteroatoms. The highest BCUT2D eigenvalue weighted by molar-refractivity contribution is 5.80. The molecule has 3 N–H and O–H groups in total. The van der Waals surface area contributed by atoms with Gasteiger partial charge in [-0.2, -0.15) is 0 Å². The number of amides is 1. The minimum absolute atomic E-state index is 0.0703. The van der Waals surface area contributed by atoms with E-state index in [4.69, 9.17) is 5.73 Å². The number of benzene rings is 1. The van der Waals surface area contributed by atoms with Gasteiger partial charge in [0.15, 0.2) is 0 Å². The number of nitrogens with one attached hydrogen (secondary N) is 1. The van der Waals surface area contributed by atoms with E-state index in [-0.39, 0.29) is 17.7 Å². The first-order valence-electron chi connectivity index (χ1n) is 7.83. The molecule has 3 nitrogen and oxygen atoms in total. The van der Waals surface area contributed by atoms with E-state index < -0.39 is 17.2 Å². The van der Waals surface area contributed by atoms with E-state index in [1.807, 2.05) is 6.92 Å². The fraction of sp³-hybridized carbons (Fsp3) is 0.588. The predicted molar refractivity (Wildman–Crippen MR) is 82.3 cm³/mol. The first kappa shape index (κ1) is 16.9. The van der Waals surface area contributed by atoms with Crippen LogP contribution in [0.15, 0.2) is 18.2 Å². The van der Waals surface area contributed by atoms with Crippen LogP contribution >= 0.6 is 0 Å². The van der Waals surface area contributed by atoms with Gasteiger partial charge in [0.05, 0.1) is 5.92 Å². The molecule has 0 bridgehead atoms. The lowest BCUT2D eigenvalue weighted by Crippen LogP contribution is -2.53. The van der Waals surface area contributed by atoms with E-state index in [1.54, 1.807) is 6.92 Å². The van der Waals surface area contributed by atoms with E-state index in [2.05, 4.69) is 5.32 Å². The Hall–Kier alpha value is -1.49. The van der Waals surface area contributed by atoms with Crippen LogP contribution in [0.3, 0.4) is 0 Å². The number of rotatable bonds is 4. The molecule has 0 aromatic heterocycles. The molecule has 3 atom stereocenters. The molecular weight excluding hydrogens is 286 g/mol. The molecule has 2 rings (SSSR count). The van der Waals surface area contributed by atoms with Gasteiger partial charge in [0.1, 0.15) is 11.6 Å². The lowest BCUT2D eigenvalue weighted by molar-refractivity contribution is -0.128. The molecule has 0 saturated heterocycles. The molecule has 1 saturated carbocycles. The molecule has 1 aliphatic carbocycles. The van der Waals surface area contributed by atoms with Gasteiger partial charge in [-0.15, -0.1) is 0 Å². The van der Waals surface area contributed by atoms with Crippen LogP contribution in [0.25, 0.3) is 0 Å². The van der Waals surface area contributed by atoms with Crippen molar-refractivity contribution in [2.45, 2.75) is 51.0 Å². The minimum Gasteiger partial charge on any atom is -0.355 e. The van der Waals surface area contributed by atoms with Crippen molar-refractivity contribution in [1.29, 1.82) is 0 Å². The molecule has 22 heavy (non-hydrogen) atoms. The maximum Gasteiger partial charge on any atom is 0.224 e. The van der Waals surface area contributed by atoms with Crippen LogP contribution in [-0.4, -0.2) is 18.0 Å². The van der Waals surface area contributed by atoms with Gasteiger partial charge in [0, 0.05) is 24.1 Å². The molecule has 0 heterocycles. The fourth-order valence-electron chi connectivity index (χ4n) is 3.18. The van der Waals surface area contributed by atoms with Gasteiger partial charge >= 0.3 is 0 Å². The van der Waals surface area contributed by atoms with E-state index in [0.29, 0.717) is 12.1 Å². The first-order valence-corrected chi connectivity index (χ1v) is 7.83. The third-order valence-electron chi connectivity index (χ3n) is 4.65. The zero-order chi connectivity index (χ0) is 16.3. The summed E-state index contributed by atoms with van der Waals surface area (Å²) in [4.78, 5) is 12.3. The van der Waals surface area contributed by atoms with Crippen LogP contribution in [0.4, 0.5) is 8.78 Å². The summed E-state index contributed by atoms with van der Waals surface area (Å²) >= 11 is 0. The summed E-state index contributed by atoms with van der Waals surface area (Å²) in [6.07, 6.45) is 3.69. The molecule has 1 aromatic rings. The Kier molecular flexibility index (Phi) is 5.16. The Bertz CT molecular complexity index is 545. The van der Waals surface area contributed by atoms with Crippen molar-refractivity contribution in [1.82, 2.24) is 5.32 Å². The minimum atomic E-state index is -0.599. The van der Waals surface area contributed by atoms with Gasteiger partial charge in [0.2, 0.25) is 5.91 Å². The highest BCUT2D eigenvalue weighted by Crippen LogP contribution is 2.31. The topological polar surface area (TPSA) is 55.1 Å². The zero-order valence-electron chi connectivity index (χ0n) is 13.2. The quantitative estimate of drug-likeness (QED) is 0.898. The SMILES string of the molecule is CC(CNC(=O)C1CCCCC1(C)N)c1ccc(F)cc1F. The summed E-state index contributed by atoms with van der Waals surface area (Å²) in [6.45, 7) is 4.03. The Balaban J connectivity index is 1.95. The monoisotopic (exact) mass is 310 g/mol. The van der Waals surface area contributed by atoms with Gasteiger partial charge in [-0.05, 0) is 31.4 Å². The number of hydrogen-bond donors (Lipinski definition) is 2. The highest BCUT2D eigenvalue weighted by Gasteiger charge is 2.37. The number of carbonyl (C=O) groups excluding carboxylic acids is 1. The van der Waals surface area contributed by atoms with Crippen molar-refractivity contribution in [2.75, 3.05) is 6.54 Å². The standard InChI is InChI=1S/C17H24F2N2O/c1-11(13-7-6-12(18)9-15(13)19)10-21-16(22)14-5-3-4-8-17(14,2)20/h6-7,9,11,14H,3-5,8,10,20H2,1-2H3,(H,21,22). The van der Waals surface area contributed by atoms with E-state index in [1.165, 1.54) is 12.1 Å². The molecule has 1 fully saturated rings. The Morgan fingerprint density at radius 1 is 1.45 bits per heavy atom. The first-order chi connectivity index (χ1) is 10.3. The number of halogens is 2. The second kappa shape index (κ2) is 6.73. The normalized spacial score (nSPS) is 26.5. The molecule has 0 radical (unpaired) electrons. The zero-order valence-corrected chi connectivity index (χ0v) is 13.2.